The lowest BCUT2D eigenvalue weighted by Crippen LogP contribution is -2.49. The van der Waals surface area contributed by atoms with E-state index in [-0.39, 0.29) is 5.91 Å². The predicted molar refractivity (Wildman–Crippen MR) is 115 cm³/mol. The van der Waals surface area contributed by atoms with E-state index in [1.54, 1.807) is 0 Å². The quantitative estimate of drug-likeness (QED) is 0.774. The molecule has 1 aliphatic rings. The van der Waals surface area contributed by atoms with Gasteiger partial charge in [-0.05, 0) is 26.2 Å². The summed E-state index contributed by atoms with van der Waals surface area (Å²) in [6.45, 7) is 13.8. The van der Waals surface area contributed by atoms with Crippen LogP contribution >= 0.6 is 0 Å². The Kier molecular flexibility index (Phi) is 6.32. The van der Waals surface area contributed by atoms with Gasteiger partial charge in [-0.3, -0.25) is 4.79 Å². The standard InChI is InChI=1S/C23H32N4O/c1-6-7-20(28)26-12-14-27(15-13-26)23-21(16(2)3)18(5)24-22(25-23)19-10-8-17(4)9-11-19/h8-11,16H,6-7,12-15H2,1-5H3. The molecule has 28 heavy (non-hydrogen) atoms. The van der Waals surface area contributed by atoms with Crippen LogP contribution < -0.4 is 4.90 Å². The Morgan fingerprint density at radius 2 is 1.68 bits per heavy atom. The number of rotatable bonds is 5. The Morgan fingerprint density at radius 3 is 2.25 bits per heavy atom. The molecule has 150 valence electrons. The average Bonchev–Trinajstić information content (AvgIpc) is 2.68. The highest BCUT2D eigenvalue weighted by atomic mass is 16.2. The fraction of sp³-hybridized carbons (Fsp3) is 0.522. The number of hydrogen-bond donors (Lipinski definition) is 0. The van der Waals surface area contributed by atoms with Crippen molar-refractivity contribution in [2.45, 2.75) is 53.4 Å². The molecule has 0 aliphatic carbocycles. The second-order valence-corrected chi connectivity index (χ2v) is 8.01. The first-order chi connectivity index (χ1) is 13.4. The smallest absolute Gasteiger partial charge is 0.222 e. The van der Waals surface area contributed by atoms with Crippen molar-refractivity contribution >= 4 is 11.7 Å². The van der Waals surface area contributed by atoms with Crippen LogP contribution in [0.5, 0.6) is 0 Å². The number of piperazine rings is 1. The number of aryl methyl sites for hydroxylation is 2. The first-order valence-electron chi connectivity index (χ1n) is 10.4. The zero-order chi connectivity index (χ0) is 20.3. The van der Waals surface area contributed by atoms with Crippen molar-refractivity contribution in [3.8, 4) is 11.4 Å². The number of amides is 1. The maximum absolute atomic E-state index is 12.2. The third kappa shape index (κ3) is 4.34. The maximum Gasteiger partial charge on any atom is 0.222 e. The van der Waals surface area contributed by atoms with Gasteiger partial charge < -0.3 is 9.80 Å². The van der Waals surface area contributed by atoms with Crippen molar-refractivity contribution in [1.82, 2.24) is 14.9 Å². The normalized spacial score (nSPS) is 14.6. The van der Waals surface area contributed by atoms with E-state index in [0.717, 1.165) is 55.5 Å². The number of carbonyl (C=O) groups excluding carboxylic acids is 1. The third-order valence-electron chi connectivity index (χ3n) is 5.40. The highest BCUT2D eigenvalue weighted by Crippen LogP contribution is 2.31. The second kappa shape index (κ2) is 8.72. The Hall–Kier alpha value is -2.43. The van der Waals surface area contributed by atoms with E-state index >= 15 is 0 Å². The summed E-state index contributed by atoms with van der Waals surface area (Å²) in [7, 11) is 0. The number of carbonyl (C=O) groups is 1. The zero-order valence-corrected chi connectivity index (χ0v) is 17.8. The molecule has 1 fully saturated rings. The lowest BCUT2D eigenvalue weighted by atomic mass is 10.0. The summed E-state index contributed by atoms with van der Waals surface area (Å²) < 4.78 is 0. The molecule has 5 nitrogen and oxygen atoms in total. The molecule has 0 spiro atoms. The molecule has 0 bridgehead atoms. The van der Waals surface area contributed by atoms with Gasteiger partial charge in [0.05, 0.1) is 0 Å². The molecule has 0 radical (unpaired) electrons. The molecule has 2 heterocycles. The van der Waals surface area contributed by atoms with Crippen LogP contribution in [0.25, 0.3) is 11.4 Å². The molecule has 1 aromatic carbocycles. The van der Waals surface area contributed by atoms with Crippen LogP contribution in [-0.2, 0) is 4.79 Å². The minimum Gasteiger partial charge on any atom is -0.353 e. The van der Waals surface area contributed by atoms with Crippen molar-refractivity contribution in [3.05, 3.63) is 41.1 Å². The molecular weight excluding hydrogens is 348 g/mol. The van der Waals surface area contributed by atoms with Crippen LogP contribution in [0.2, 0.25) is 0 Å². The first kappa shape index (κ1) is 20.3. The van der Waals surface area contributed by atoms with Crippen molar-refractivity contribution in [3.63, 3.8) is 0 Å². The lowest BCUT2D eigenvalue weighted by Gasteiger charge is -2.37. The van der Waals surface area contributed by atoms with Gasteiger partial charge in [0.25, 0.3) is 0 Å². The number of hydrogen-bond acceptors (Lipinski definition) is 4. The summed E-state index contributed by atoms with van der Waals surface area (Å²) in [6, 6.07) is 8.37. The minimum absolute atomic E-state index is 0.269. The SMILES string of the molecule is CCCC(=O)N1CCN(c2nc(-c3ccc(C)cc3)nc(C)c2C(C)C)CC1. The Bertz CT molecular complexity index is 821. The van der Waals surface area contributed by atoms with E-state index in [1.165, 1.54) is 11.1 Å². The van der Waals surface area contributed by atoms with Crippen LogP contribution in [0, 0.1) is 13.8 Å². The molecule has 5 heteroatoms. The second-order valence-electron chi connectivity index (χ2n) is 8.01. The molecule has 2 aromatic rings. The van der Waals surface area contributed by atoms with Gasteiger partial charge in [-0.2, -0.15) is 0 Å². The molecule has 0 saturated carbocycles. The minimum atomic E-state index is 0.269. The van der Waals surface area contributed by atoms with E-state index in [4.69, 9.17) is 9.97 Å². The van der Waals surface area contributed by atoms with Crippen molar-refractivity contribution in [2.75, 3.05) is 31.1 Å². The van der Waals surface area contributed by atoms with Gasteiger partial charge in [0, 0.05) is 49.4 Å². The molecule has 0 N–H and O–H groups in total. The van der Waals surface area contributed by atoms with Crippen LogP contribution in [0.4, 0.5) is 5.82 Å². The number of aromatic nitrogens is 2. The van der Waals surface area contributed by atoms with Crippen LogP contribution in [0.3, 0.4) is 0 Å². The summed E-state index contributed by atoms with van der Waals surface area (Å²) in [5.74, 6) is 2.43. The van der Waals surface area contributed by atoms with Crippen LogP contribution in [0.1, 0.15) is 56.4 Å². The van der Waals surface area contributed by atoms with Gasteiger partial charge in [-0.15, -0.1) is 0 Å². The zero-order valence-electron chi connectivity index (χ0n) is 17.8. The van der Waals surface area contributed by atoms with E-state index < -0.39 is 0 Å². The molecule has 0 unspecified atom stereocenters. The monoisotopic (exact) mass is 380 g/mol. The summed E-state index contributed by atoms with van der Waals surface area (Å²) in [5, 5.41) is 0. The van der Waals surface area contributed by atoms with Gasteiger partial charge >= 0.3 is 0 Å². The highest BCUT2D eigenvalue weighted by Gasteiger charge is 2.25. The first-order valence-corrected chi connectivity index (χ1v) is 10.4. The number of anilines is 1. The topological polar surface area (TPSA) is 49.3 Å². The van der Waals surface area contributed by atoms with Gasteiger partial charge in [-0.25, -0.2) is 9.97 Å². The van der Waals surface area contributed by atoms with E-state index in [1.807, 2.05) is 4.90 Å². The van der Waals surface area contributed by atoms with Gasteiger partial charge in [0.15, 0.2) is 5.82 Å². The molecule has 1 saturated heterocycles. The molecule has 1 aliphatic heterocycles. The third-order valence-corrected chi connectivity index (χ3v) is 5.40. The van der Waals surface area contributed by atoms with Crippen molar-refractivity contribution in [1.29, 1.82) is 0 Å². The van der Waals surface area contributed by atoms with Crippen molar-refractivity contribution in [2.24, 2.45) is 0 Å². The van der Waals surface area contributed by atoms with Gasteiger partial charge in [-0.1, -0.05) is 50.6 Å². The number of benzene rings is 1. The molecule has 3 rings (SSSR count). The summed E-state index contributed by atoms with van der Waals surface area (Å²) in [6.07, 6.45) is 1.54. The average molecular weight is 381 g/mol. The summed E-state index contributed by atoms with van der Waals surface area (Å²) in [4.78, 5) is 26.4. The molecular formula is C23H32N4O. The van der Waals surface area contributed by atoms with Gasteiger partial charge in [0.2, 0.25) is 5.91 Å². The Balaban J connectivity index is 1.91. The Labute approximate surface area is 168 Å². The molecule has 0 atom stereocenters. The fourth-order valence-electron chi connectivity index (χ4n) is 3.85. The highest BCUT2D eigenvalue weighted by molar-refractivity contribution is 5.76. The fourth-order valence-corrected chi connectivity index (χ4v) is 3.85. The van der Waals surface area contributed by atoms with Gasteiger partial charge in [0.1, 0.15) is 5.82 Å². The summed E-state index contributed by atoms with van der Waals surface area (Å²) >= 11 is 0. The maximum atomic E-state index is 12.2. The van der Waals surface area contributed by atoms with Crippen LogP contribution in [-0.4, -0.2) is 47.0 Å². The summed E-state index contributed by atoms with van der Waals surface area (Å²) in [5.41, 5.74) is 4.53. The molecule has 1 aromatic heterocycles. The van der Waals surface area contributed by atoms with E-state index in [9.17, 15) is 4.79 Å². The Morgan fingerprint density at radius 1 is 1.04 bits per heavy atom. The van der Waals surface area contributed by atoms with Crippen LogP contribution in [0.15, 0.2) is 24.3 Å². The largest absolute Gasteiger partial charge is 0.353 e. The molecule has 1 amide bonds. The predicted octanol–water partition coefficient (Wildman–Crippen LogP) is 4.33. The number of nitrogens with zero attached hydrogens (tertiary/aromatic N) is 4. The lowest BCUT2D eigenvalue weighted by molar-refractivity contribution is -0.131. The van der Waals surface area contributed by atoms with E-state index in [0.29, 0.717) is 12.3 Å². The van der Waals surface area contributed by atoms with E-state index in [2.05, 4.69) is 63.8 Å². The van der Waals surface area contributed by atoms with Crippen molar-refractivity contribution < 1.29 is 4.79 Å².